The Labute approximate surface area is 98.2 Å². The van der Waals surface area contributed by atoms with Gasteiger partial charge in [0.1, 0.15) is 0 Å². The van der Waals surface area contributed by atoms with Gasteiger partial charge in [-0.05, 0) is 24.6 Å². The smallest absolute Gasteiger partial charge is 0.224 e. The van der Waals surface area contributed by atoms with E-state index in [2.05, 4.69) is 21.2 Å². The molecule has 0 fully saturated rings. The molecule has 0 saturated heterocycles. The van der Waals surface area contributed by atoms with Gasteiger partial charge in [-0.15, -0.1) is 0 Å². The van der Waals surface area contributed by atoms with E-state index in [1.165, 1.54) is 0 Å². The Balaban J connectivity index is 2.51. The van der Waals surface area contributed by atoms with Crippen LogP contribution < -0.4 is 11.1 Å². The summed E-state index contributed by atoms with van der Waals surface area (Å²) >= 11 is 3.36. The van der Waals surface area contributed by atoms with Crippen molar-refractivity contribution in [1.29, 1.82) is 0 Å². The summed E-state index contributed by atoms with van der Waals surface area (Å²) < 4.78 is 0.986. The van der Waals surface area contributed by atoms with Gasteiger partial charge in [0.25, 0.3) is 0 Å². The van der Waals surface area contributed by atoms with Crippen molar-refractivity contribution in [1.82, 2.24) is 5.32 Å². The van der Waals surface area contributed by atoms with Gasteiger partial charge in [0.05, 0.1) is 6.42 Å². The van der Waals surface area contributed by atoms with Crippen LogP contribution in [0.15, 0.2) is 28.7 Å². The lowest BCUT2D eigenvalue weighted by Gasteiger charge is -2.11. The molecule has 1 rings (SSSR count). The van der Waals surface area contributed by atoms with Crippen molar-refractivity contribution >= 4 is 21.8 Å². The van der Waals surface area contributed by atoms with Crippen molar-refractivity contribution < 1.29 is 4.79 Å². The zero-order valence-corrected chi connectivity index (χ0v) is 10.3. The largest absolute Gasteiger partial charge is 0.352 e. The number of nitrogens with one attached hydrogen (secondary N) is 1. The van der Waals surface area contributed by atoms with Crippen molar-refractivity contribution in [3.63, 3.8) is 0 Å². The second-order valence-corrected chi connectivity index (χ2v) is 4.43. The molecule has 15 heavy (non-hydrogen) atoms. The molecule has 82 valence electrons. The Morgan fingerprint density at radius 2 is 2.33 bits per heavy atom. The molecule has 0 aliphatic heterocycles. The molecule has 0 bridgehead atoms. The molecule has 0 saturated carbocycles. The fourth-order valence-electron chi connectivity index (χ4n) is 1.22. The normalized spacial score (nSPS) is 12.2. The molecular weight excluding hydrogens is 256 g/mol. The van der Waals surface area contributed by atoms with Gasteiger partial charge in [0.2, 0.25) is 5.91 Å². The van der Waals surface area contributed by atoms with Gasteiger partial charge in [0.15, 0.2) is 0 Å². The van der Waals surface area contributed by atoms with Gasteiger partial charge in [-0.2, -0.15) is 0 Å². The summed E-state index contributed by atoms with van der Waals surface area (Å²) in [5.41, 5.74) is 6.41. The van der Waals surface area contributed by atoms with E-state index in [1.54, 1.807) is 0 Å². The molecule has 0 spiro atoms. The monoisotopic (exact) mass is 270 g/mol. The van der Waals surface area contributed by atoms with E-state index in [1.807, 2.05) is 31.2 Å². The minimum Gasteiger partial charge on any atom is -0.352 e. The number of rotatable bonds is 4. The van der Waals surface area contributed by atoms with Gasteiger partial charge in [0, 0.05) is 17.1 Å². The highest BCUT2D eigenvalue weighted by Crippen LogP contribution is 2.11. The highest BCUT2D eigenvalue weighted by Gasteiger charge is 2.06. The lowest BCUT2D eigenvalue weighted by molar-refractivity contribution is -0.120. The Morgan fingerprint density at radius 1 is 1.60 bits per heavy atom. The van der Waals surface area contributed by atoms with Crippen molar-refractivity contribution in [3.8, 4) is 0 Å². The summed E-state index contributed by atoms with van der Waals surface area (Å²) in [5.74, 6) is 0.00560. The van der Waals surface area contributed by atoms with E-state index >= 15 is 0 Å². The molecule has 0 aromatic heterocycles. The first-order chi connectivity index (χ1) is 7.11. The van der Waals surface area contributed by atoms with Crippen LogP contribution in [0.3, 0.4) is 0 Å². The lowest BCUT2D eigenvalue weighted by atomic mass is 10.1. The standard InChI is InChI=1S/C11H15BrN2O/c1-8(7-13)14-11(15)6-9-3-2-4-10(12)5-9/h2-5,8H,6-7,13H2,1H3,(H,14,15)/t8-/m1/s1. The maximum absolute atomic E-state index is 11.5. The number of hydrogen-bond donors (Lipinski definition) is 2. The van der Waals surface area contributed by atoms with E-state index in [0.29, 0.717) is 13.0 Å². The number of halogens is 1. The van der Waals surface area contributed by atoms with Crippen molar-refractivity contribution in [2.24, 2.45) is 5.73 Å². The maximum atomic E-state index is 11.5. The number of hydrogen-bond acceptors (Lipinski definition) is 2. The summed E-state index contributed by atoms with van der Waals surface area (Å²) in [5, 5.41) is 2.82. The van der Waals surface area contributed by atoms with Crippen molar-refractivity contribution in [3.05, 3.63) is 34.3 Å². The minimum atomic E-state index is 0.00560. The number of amides is 1. The van der Waals surface area contributed by atoms with Gasteiger partial charge in [-0.1, -0.05) is 28.1 Å². The first-order valence-corrected chi connectivity index (χ1v) is 5.65. The van der Waals surface area contributed by atoms with Crippen LogP contribution in [0.4, 0.5) is 0 Å². The van der Waals surface area contributed by atoms with Crippen LogP contribution in [0.5, 0.6) is 0 Å². The maximum Gasteiger partial charge on any atom is 0.224 e. The first-order valence-electron chi connectivity index (χ1n) is 4.85. The van der Waals surface area contributed by atoms with Crippen LogP contribution in [-0.4, -0.2) is 18.5 Å². The molecule has 1 aromatic carbocycles. The summed E-state index contributed by atoms with van der Waals surface area (Å²) in [6.45, 7) is 2.35. The molecule has 3 N–H and O–H groups in total. The topological polar surface area (TPSA) is 55.1 Å². The molecule has 1 atom stereocenters. The third-order valence-corrected chi connectivity index (χ3v) is 2.51. The van der Waals surface area contributed by atoms with E-state index < -0.39 is 0 Å². The van der Waals surface area contributed by atoms with Crippen LogP contribution in [0.25, 0.3) is 0 Å². The van der Waals surface area contributed by atoms with E-state index in [9.17, 15) is 4.79 Å². The molecule has 0 heterocycles. The number of carbonyl (C=O) groups is 1. The third kappa shape index (κ3) is 4.44. The Morgan fingerprint density at radius 3 is 2.93 bits per heavy atom. The number of carbonyl (C=O) groups excluding carboxylic acids is 1. The Hall–Kier alpha value is -0.870. The van der Waals surface area contributed by atoms with E-state index in [4.69, 9.17) is 5.73 Å². The van der Waals surface area contributed by atoms with Crippen LogP contribution in [0.1, 0.15) is 12.5 Å². The second-order valence-electron chi connectivity index (χ2n) is 3.51. The van der Waals surface area contributed by atoms with Crippen LogP contribution in [0, 0.1) is 0 Å². The first kappa shape index (κ1) is 12.2. The fourth-order valence-corrected chi connectivity index (χ4v) is 1.66. The number of benzene rings is 1. The molecule has 0 radical (unpaired) electrons. The van der Waals surface area contributed by atoms with E-state index in [0.717, 1.165) is 10.0 Å². The Kier molecular flexibility index (Phi) is 4.78. The lowest BCUT2D eigenvalue weighted by Crippen LogP contribution is -2.38. The van der Waals surface area contributed by atoms with Crippen LogP contribution in [-0.2, 0) is 11.2 Å². The summed E-state index contributed by atoms with van der Waals surface area (Å²) in [7, 11) is 0. The molecule has 0 unspecified atom stereocenters. The summed E-state index contributed by atoms with van der Waals surface area (Å²) in [6, 6.07) is 7.75. The fraction of sp³-hybridized carbons (Fsp3) is 0.364. The highest BCUT2D eigenvalue weighted by atomic mass is 79.9. The summed E-state index contributed by atoms with van der Waals surface area (Å²) in [4.78, 5) is 11.5. The van der Waals surface area contributed by atoms with E-state index in [-0.39, 0.29) is 11.9 Å². The third-order valence-electron chi connectivity index (χ3n) is 2.01. The second kappa shape index (κ2) is 5.88. The van der Waals surface area contributed by atoms with Gasteiger partial charge in [-0.25, -0.2) is 0 Å². The zero-order valence-electron chi connectivity index (χ0n) is 8.66. The van der Waals surface area contributed by atoms with Gasteiger partial charge >= 0.3 is 0 Å². The molecule has 0 aliphatic carbocycles. The minimum absolute atomic E-state index is 0.00560. The average Bonchev–Trinajstić information content (AvgIpc) is 2.17. The Bertz CT molecular complexity index is 341. The SMILES string of the molecule is C[C@H](CN)NC(=O)Cc1cccc(Br)c1. The van der Waals surface area contributed by atoms with Crippen molar-refractivity contribution in [2.45, 2.75) is 19.4 Å². The quantitative estimate of drug-likeness (QED) is 0.871. The zero-order chi connectivity index (χ0) is 11.3. The van der Waals surface area contributed by atoms with Crippen LogP contribution in [0.2, 0.25) is 0 Å². The predicted molar refractivity (Wildman–Crippen MR) is 64.5 cm³/mol. The highest BCUT2D eigenvalue weighted by molar-refractivity contribution is 9.10. The molecule has 1 aromatic rings. The van der Waals surface area contributed by atoms with Gasteiger partial charge < -0.3 is 11.1 Å². The average molecular weight is 271 g/mol. The summed E-state index contributed by atoms with van der Waals surface area (Å²) in [6.07, 6.45) is 0.393. The molecule has 0 aliphatic rings. The van der Waals surface area contributed by atoms with Crippen molar-refractivity contribution in [2.75, 3.05) is 6.54 Å². The predicted octanol–water partition coefficient (Wildman–Crippen LogP) is 1.46. The molecule has 4 heteroatoms. The molecular formula is C11H15BrN2O. The number of nitrogens with two attached hydrogens (primary N) is 1. The van der Waals surface area contributed by atoms with Gasteiger partial charge in [-0.3, -0.25) is 4.79 Å². The van der Waals surface area contributed by atoms with Crippen LogP contribution >= 0.6 is 15.9 Å². The molecule has 1 amide bonds. The molecule has 3 nitrogen and oxygen atoms in total.